The minimum Gasteiger partial charge on any atom is -0.340 e. The molecule has 4 nitrogen and oxygen atoms in total. The first kappa shape index (κ1) is 18.4. The second-order valence-corrected chi connectivity index (χ2v) is 6.83. The summed E-state index contributed by atoms with van der Waals surface area (Å²) < 4.78 is 40.9. The van der Waals surface area contributed by atoms with Gasteiger partial charge < -0.3 is 10.6 Å². The normalized spacial score (nSPS) is 11.3. The zero-order valence-corrected chi connectivity index (χ0v) is 15.8. The number of halogens is 4. The van der Waals surface area contributed by atoms with Crippen molar-refractivity contribution >= 4 is 45.7 Å². The molecule has 8 heteroatoms. The van der Waals surface area contributed by atoms with Gasteiger partial charge in [0, 0.05) is 21.1 Å². The Morgan fingerprint density at radius 1 is 0.962 bits per heavy atom. The SMILES string of the molecule is Cc1cccc(Nc2nc(Nc3ccc(I)cc3)ncc2C(F)(F)F)c1. The summed E-state index contributed by atoms with van der Waals surface area (Å²) in [6, 6.07) is 14.4. The molecule has 0 aliphatic rings. The Bertz CT molecular complexity index is 911. The molecule has 1 heterocycles. The number of alkyl halides is 3. The van der Waals surface area contributed by atoms with Crippen LogP contribution in [-0.4, -0.2) is 9.97 Å². The quantitative estimate of drug-likeness (QED) is 0.467. The summed E-state index contributed by atoms with van der Waals surface area (Å²) in [7, 11) is 0. The lowest BCUT2D eigenvalue weighted by atomic mass is 10.2. The highest BCUT2D eigenvalue weighted by Gasteiger charge is 2.35. The molecule has 0 radical (unpaired) electrons. The van der Waals surface area contributed by atoms with Crippen LogP contribution in [0.3, 0.4) is 0 Å². The minimum absolute atomic E-state index is 0.0781. The monoisotopic (exact) mass is 470 g/mol. The van der Waals surface area contributed by atoms with Crippen molar-refractivity contribution in [1.29, 1.82) is 0 Å². The van der Waals surface area contributed by atoms with Crippen LogP contribution in [0.1, 0.15) is 11.1 Å². The molecule has 3 rings (SSSR count). The number of anilines is 4. The lowest BCUT2D eigenvalue weighted by molar-refractivity contribution is -0.137. The number of nitrogens with zero attached hydrogens (tertiary/aromatic N) is 2. The Balaban J connectivity index is 1.94. The highest BCUT2D eigenvalue weighted by Crippen LogP contribution is 2.35. The topological polar surface area (TPSA) is 49.8 Å². The predicted octanol–water partition coefficient (Wildman–Crippen LogP) is 5.90. The van der Waals surface area contributed by atoms with Gasteiger partial charge in [-0.05, 0) is 71.5 Å². The molecule has 3 aromatic rings. The number of rotatable bonds is 4. The van der Waals surface area contributed by atoms with E-state index in [0.29, 0.717) is 11.4 Å². The van der Waals surface area contributed by atoms with E-state index < -0.39 is 11.7 Å². The summed E-state index contributed by atoms with van der Waals surface area (Å²) in [4.78, 5) is 7.83. The summed E-state index contributed by atoms with van der Waals surface area (Å²) in [6.07, 6.45) is -3.78. The van der Waals surface area contributed by atoms with E-state index in [0.717, 1.165) is 15.3 Å². The van der Waals surface area contributed by atoms with Gasteiger partial charge in [-0.2, -0.15) is 18.2 Å². The molecule has 0 spiro atoms. The maximum Gasteiger partial charge on any atom is 0.421 e. The van der Waals surface area contributed by atoms with Gasteiger partial charge >= 0.3 is 6.18 Å². The van der Waals surface area contributed by atoms with Gasteiger partial charge in [0.1, 0.15) is 11.4 Å². The first-order valence-electron chi connectivity index (χ1n) is 7.62. The van der Waals surface area contributed by atoms with Gasteiger partial charge in [0.2, 0.25) is 5.95 Å². The molecule has 26 heavy (non-hydrogen) atoms. The van der Waals surface area contributed by atoms with Gasteiger partial charge in [0.15, 0.2) is 0 Å². The Morgan fingerprint density at radius 3 is 2.35 bits per heavy atom. The number of benzene rings is 2. The van der Waals surface area contributed by atoms with E-state index >= 15 is 0 Å². The standard InChI is InChI=1S/C18H14F3IN4/c1-11-3-2-4-14(9-11)24-16-15(18(19,20)21)10-23-17(26-16)25-13-7-5-12(22)6-8-13/h2-10H,1H3,(H2,23,24,25,26). The van der Waals surface area contributed by atoms with Crippen LogP contribution in [0.4, 0.5) is 36.3 Å². The third kappa shape index (κ3) is 4.63. The van der Waals surface area contributed by atoms with Crippen molar-refractivity contribution in [1.82, 2.24) is 9.97 Å². The highest BCUT2D eigenvalue weighted by molar-refractivity contribution is 14.1. The lowest BCUT2D eigenvalue weighted by Crippen LogP contribution is -2.12. The van der Waals surface area contributed by atoms with Gasteiger partial charge in [-0.1, -0.05) is 12.1 Å². The molecule has 0 unspecified atom stereocenters. The van der Waals surface area contributed by atoms with Crippen molar-refractivity contribution in [2.45, 2.75) is 13.1 Å². The van der Waals surface area contributed by atoms with Crippen LogP contribution in [-0.2, 0) is 6.18 Å². The van der Waals surface area contributed by atoms with Gasteiger partial charge in [-0.25, -0.2) is 4.98 Å². The predicted molar refractivity (Wildman–Crippen MR) is 104 cm³/mol. The summed E-state index contributed by atoms with van der Waals surface area (Å²) in [6.45, 7) is 1.86. The molecule has 1 aromatic heterocycles. The van der Waals surface area contributed by atoms with Crippen LogP contribution in [0.2, 0.25) is 0 Å². The van der Waals surface area contributed by atoms with Crippen LogP contribution in [0.5, 0.6) is 0 Å². The molecule has 0 saturated carbocycles. The van der Waals surface area contributed by atoms with Crippen LogP contribution < -0.4 is 10.6 Å². The van der Waals surface area contributed by atoms with E-state index in [4.69, 9.17) is 0 Å². The van der Waals surface area contributed by atoms with E-state index in [2.05, 4.69) is 43.2 Å². The average molecular weight is 470 g/mol. The van der Waals surface area contributed by atoms with Crippen molar-refractivity contribution in [3.05, 3.63) is 69.4 Å². The van der Waals surface area contributed by atoms with Crippen molar-refractivity contribution in [2.24, 2.45) is 0 Å². The highest BCUT2D eigenvalue weighted by atomic mass is 127. The van der Waals surface area contributed by atoms with E-state index in [1.54, 1.807) is 30.3 Å². The number of aryl methyl sites for hydroxylation is 1. The third-order valence-corrected chi connectivity index (χ3v) is 4.19. The van der Waals surface area contributed by atoms with Crippen molar-refractivity contribution in [2.75, 3.05) is 10.6 Å². The maximum absolute atomic E-state index is 13.3. The molecule has 0 saturated heterocycles. The molecule has 0 amide bonds. The smallest absolute Gasteiger partial charge is 0.340 e. The summed E-state index contributed by atoms with van der Waals surface area (Å²) in [5, 5.41) is 5.66. The molecule has 0 aliphatic carbocycles. The van der Waals surface area contributed by atoms with Crippen LogP contribution in [0, 0.1) is 10.5 Å². The van der Waals surface area contributed by atoms with E-state index in [9.17, 15) is 13.2 Å². The van der Waals surface area contributed by atoms with Gasteiger partial charge in [-0.15, -0.1) is 0 Å². The van der Waals surface area contributed by atoms with Crippen LogP contribution in [0.15, 0.2) is 54.7 Å². The number of aromatic nitrogens is 2. The van der Waals surface area contributed by atoms with E-state index in [1.807, 2.05) is 25.1 Å². The number of nitrogens with one attached hydrogen (secondary N) is 2. The molecule has 2 N–H and O–H groups in total. The second-order valence-electron chi connectivity index (χ2n) is 5.58. The van der Waals surface area contributed by atoms with Crippen LogP contribution >= 0.6 is 22.6 Å². The summed E-state index contributed by atoms with van der Waals surface area (Å²) in [5.74, 6) is -0.222. The largest absolute Gasteiger partial charge is 0.421 e. The van der Waals surface area contributed by atoms with Gasteiger partial charge in [-0.3, -0.25) is 0 Å². The minimum atomic E-state index is -4.56. The second kappa shape index (κ2) is 7.48. The summed E-state index contributed by atoms with van der Waals surface area (Å²) in [5.41, 5.74) is 1.21. The Labute approximate surface area is 162 Å². The zero-order chi connectivity index (χ0) is 18.7. The first-order valence-corrected chi connectivity index (χ1v) is 8.70. The molecular weight excluding hydrogens is 456 g/mol. The molecule has 2 aromatic carbocycles. The fourth-order valence-corrected chi connectivity index (χ4v) is 2.63. The molecule has 0 atom stereocenters. The Hall–Kier alpha value is -2.36. The summed E-state index contributed by atoms with van der Waals surface area (Å²) >= 11 is 2.17. The maximum atomic E-state index is 13.3. The van der Waals surface area contributed by atoms with Gasteiger partial charge in [0.25, 0.3) is 0 Å². The van der Waals surface area contributed by atoms with E-state index in [-0.39, 0.29) is 11.8 Å². The van der Waals surface area contributed by atoms with Crippen molar-refractivity contribution in [3.63, 3.8) is 0 Å². The molecule has 0 aliphatic heterocycles. The lowest BCUT2D eigenvalue weighted by Gasteiger charge is -2.15. The molecular formula is C18H14F3IN4. The number of hydrogen-bond donors (Lipinski definition) is 2. The average Bonchev–Trinajstić information content (AvgIpc) is 2.56. The fourth-order valence-electron chi connectivity index (χ4n) is 2.27. The molecule has 134 valence electrons. The zero-order valence-electron chi connectivity index (χ0n) is 13.6. The molecule has 0 fully saturated rings. The number of hydrogen-bond acceptors (Lipinski definition) is 4. The molecule has 0 bridgehead atoms. The Kier molecular flexibility index (Phi) is 5.30. The Morgan fingerprint density at radius 2 is 1.69 bits per heavy atom. The van der Waals surface area contributed by atoms with Crippen molar-refractivity contribution in [3.8, 4) is 0 Å². The van der Waals surface area contributed by atoms with E-state index in [1.165, 1.54) is 0 Å². The fraction of sp³-hybridized carbons (Fsp3) is 0.111. The van der Waals surface area contributed by atoms with Crippen LogP contribution in [0.25, 0.3) is 0 Å². The van der Waals surface area contributed by atoms with Crippen molar-refractivity contribution < 1.29 is 13.2 Å². The third-order valence-electron chi connectivity index (χ3n) is 3.48. The first-order chi connectivity index (χ1) is 12.3. The van der Waals surface area contributed by atoms with Gasteiger partial charge in [0.05, 0.1) is 0 Å².